The van der Waals surface area contributed by atoms with Crippen LogP contribution >= 0.6 is 0 Å². The van der Waals surface area contributed by atoms with Crippen LogP contribution in [0.25, 0.3) is 0 Å². The first-order valence-electron chi connectivity index (χ1n) is 10.0. The van der Waals surface area contributed by atoms with Gasteiger partial charge in [-0.2, -0.15) is 23.2 Å². The number of amides is 1. The quantitative estimate of drug-likeness (QED) is 0.633. The number of alkyl halides is 3. The number of hydrogen-bond acceptors (Lipinski definition) is 5. The summed E-state index contributed by atoms with van der Waals surface area (Å²) in [4.78, 5) is 23.7. The summed E-state index contributed by atoms with van der Waals surface area (Å²) in [6, 6.07) is 8.99. The predicted octanol–water partition coefficient (Wildman–Crippen LogP) is 2.29. The Hall–Kier alpha value is -3.43. The van der Waals surface area contributed by atoms with Gasteiger partial charge in [0.25, 0.3) is 0 Å². The molecular weight excluding hydrogens is 475 g/mol. The molecule has 1 amide bonds. The molecular formula is C22H20F3N3O5S. The molecule has 1 heterocycles. The van der Waals surface area contributed by atoms with Crippen LogP contribution in [0.5, 0.6) is 0 Å². The molecule has 8 nitrogen and oxygen atoms in total. The topological polar surface area (TPSA) is 128 Å². The van der Waals surface area contributed by atoms with Gasteiger partial charge in [0.1, 0.15) is 6.04 Å². The van der Waals surface area contributed by atoms with Crippen molar-refractivity contribution in [3.63, 3.8) is 0 Å². The number of halogens is 3. The maximum atomic E-state index is 13.2. The van der Waals surface area contributed by atoms with Crippen molar-refractivity contribution in [2.75, 3.05) is 6.54 Å². The van der Waals surface area contributed by atoms with E-state index >= 15 is 0 Å². The van der Waals surface area contributed by atoms with Crippen LogP contribution in [0.2, 0.25) is 0 Å². The Kier molecular flexibility index (Phi) is 6.99. The number of hydrogen-bond donors (Lipinski definition) is 2. The highest BCUT2D eigenvalue weighted by atomic mass is 32.2. The maximum absolute atomic E-state index is 13.2. The number of carbonyl (C=O) groups excluding carboxylic acids is 1. The van der Waals surface area contributed by atoms with Crippen molar-refractivity contribution in [2.45, 2.75) is 43.4 Å². The monoisotopic (exact) mass is 495 g/mol. The molecule has 1 atom stereocenters. The average Bonchev–Trinajstić information content (AvgIpc) is 2.77. The van der Waals surface area contributed by atoms with E-state index in [1.165, 1.54) is 30.3 Å². The van der Waals surface area contributed by atoms with Crippen molar-refractivity contribution < 1.29 is 36.3 Å². The zero-order valence-corrected chi connectivity index (χ0v) is 18.7. The van der Waals surface area contributed by atoms with Gasteiger partial charge < -0.3 is 10.0 Å². The number of benzene rings is 2. The number of rotatable bonds is 6. The molecule has 2 N–H and O–H groups in total. The van der Waals surface area contributed by atoms with Crippen LogP contribution in [-0.2, 0) is 39.0 Å². The molecule has 2 aromatic rings. The fourth-order valence-corrected chi connectivity index (χ4v) is 5.31. The first-order valence-corrected chi connectivity index (χ1v) is 11.5. The minimum atomic E-state index is -5.11. The number of nitrogens with one attached hydrogen (secondary N) is 1. The number of fused-ring (bicyclic) bond motifs is 1. The smallest absolute Gasteiger partial charge is 0.471 e. The highest BCUT2D eigenvalue weighted by molar-refractivity contribution is 7.89. The highest BCUT2D eigenvalue weighted by Gasteiger charge is 2.44. The molecule has 180 valence electrons. The van der Waals surface area contributed by atoms with E-state index in [-0.39, 0.29) is 35.4 Å². The van der Waals surface area contributed by atoms with Crippen molar-refractivity contribution in [1.82, 2.24) is 9.62 Å². The van der Waals surface area contributed by atoms with Crippen molar-refractivity contribution in [3.8, 4) is 6.07 Å². The maximum Gasteiger partial charge on any atom is 0.471 e. The largest absolute Gasteiger partial charge is 0.480 e. The minimum absolute atomic E-state index is 0.0203. The number of aryl methyl sites for hydroxylation is 1. The third-order valence-electron chi connectivity index (χ3n) is 5.51. The van der Waals surface area contributed by atoms with E-state index in [0.29, 0.717) is 21.6 Å². The molecule has 3 rings (SSSR count). The van der Waals surface area contributed by atoms with E-state index in [0.717, 1.165) is 0 Å². The lowest BCUT2D eigenvalue weighted by Crippen LogP contribution is -2.45. The van der Waals surface area contributed by atoms with E-state index in [9.17, 15) is 36.3 Å². The fraction of sp³-hybridized carbons (Fsp3) is 0.318. The molecule has 0 aliphatic carbocycles. The first kappa shape index (κ1) is 25.2. The van der Waals surface area contributed by atoms with Gasteiger partial charge in [0.2, 0.25) is 10.0 Å². The standard InChI is InChI=1S/C22H20F3N3O5S/c1-13-5-6-19(17-12-28(8-7-16(13)17)21(31)22(23,24)25)34(32,33)27-18(20(29)30)10-14-3-2-4-15(9-14)11-26/h2-6,9,18,27H,7-8,10,12H2,1H3,(H,29,30). The fourth-order valence-electron chi connectivity index (χ4n) is 3.86. The molecule has 0 spiro atoms. The lowest BCUT2D eigenvalue weighted by Gasteiger charge is -2.31. The van der Waals surface area contributed by atoms with Crippen molar-refractivity contribution in [1.29, 1.82) is 5.26 Å². The summed E-state index contributed by atoms with van der Waals surface area (Å²) in [5, 5.41) is 18.6. The van der Waals surface area contributed by atoms with Gasteiger partial charge in [-0.25, -0.2) is 8.42 Å². The number of nitriles is 1. The number of sulfonamides is 1. The molecule has 0 bridgehead atoms. The average molecular weight is 495 g/mol. The van der Waals surface area contributed by atoms with Crippen LogP contribution in [0.3, 0.4) is 0 Å². The number of aliphatic carboxylic acids is 1. The SMILES string of the molecule is Cc1ccc(S(=O)(=O)NC(Cc2cccc(C#N)c2)C(=O)O)c2c1CCN(C(=O)C(F)(F)F)C2. The van der Waals surface area contributed by atoms with Gasteiger partial charge in [0, 0.05) is 13.1 Å². The second kappa shape index (κ2) is 9.44. The summed E-state index contributed by atoms with van der Waals surface area (Å²) >= 11 is 0. The molecule has 0 fully saturated rings. The Labute approximate surface area is 193 Å². The van der Waals surface area contributed by atoms with Gasteiger partial charge in [-0.05, 0) is 60.2 Å². The van der Waals surface area contributed by atoms with E-state index in [1.54, 1.807) is 13.0 Å². The van der Waals surface area contributed by atoms with Gasteiger partial charge in [-0.3, -0.25) is 9.59 Å². The van der Waals surface area contributed by atoms with Crippen LogP contribution in [-0.4, -0.2) is 49.1 Å². The molecule has 0 saturated carbocycles. The summed E-state index contributed by atoms with van der Waals surface area (Å²) < 4.78 is 67.2. The summed E-state index contributed by atoms with van der Waals surface area (Å²) in [7, 11) is -4.50. The second-order valence-electron chi connectivity index (χ2n) is 7.84. The van der Waals surface area contributed by atoms with E-state index in [2.05, 4.69) is 4.72 Å². The predicted molar refractivity (Wildman–Crippen MR) is 113 cm³/mol. The summed E-state index contributed by atoms with van der Waals surface area (Å²) in [5.41, 5.74) is 1.85. The first-order chi connectivity index (χ1) is 15.8. The normalized spacial score (nSPS) is 14.7. The summed E-state index contributed by atoms with van der Waals surface area (Å²) in [6.07, 6.45) is -5.35. The molecule has 12 heteroatoms. The highest BCUT2D eigenvalue weighted by Crippen LogP contribution is 2.31. The Balaban J connectivity index is 1.95. The summed E-state index contributed by atoms with van der Waals surface area (Å²) in [6.45, 7) is 0.871. The van der Waals surface area contributed by atoms with E-state index in [1.807, 2.05) is 6.07 Å². The molecule has 0 radical (unpaired) electrons. The van der Waals surface area contributed by atoms with Gasteiger partial charge in [-0.15, -0.1) is 0 Å². The van der Waals surface area contributed by atoms with Crippen molar-refractivity contribution >= 4 is 21.9 Å². The van der Waals surface area contributed by atoms with Gasteiger partial charge in [0.15, 0.2) is 0 Å². The minimum Gasteiger partial charge on any atom is -0.480 e. The Morgan fingerprint density at radius 1 is 1.24 bits per heavy atom. The molecule has 0 aromatic heterocycles. The lowest BCUT2D eigenvalue weighted by molar-refractivity contribution is -0.186. The van der Waals surface area contributed by atoms with E-state index < -0.39 is 40.7 Å². The number of carboxylic acid groups (broad SMARTS) is 1. The van der Waals surface area contributed by atoms with Crippen molar-refractivity contribution in [3.05, 3.63) is 64.2 Å². The Morgan fingerprint density at radius 3 is 2.56 bits per heavy atom. The zero-order valence-electron chi connectivity index (χ0n) is 17.9. The van der Waals surface area contributed by atoms with Crippen molar-refractivity contribution in [2.24, 2.45) is 0 Å². The van der Waals surface area contributed by atoms with E-state index in [4.69, 9.17) is 5.26 Å². The Bertz CT molecular complexity index is 1290. The zero-order chi connectivity index (χ0) is 25.3. The van der Waals surface area contributed by atoms with Gasteiger partial charge in [0.05, 0.1) is 16.5 Å². The third-order valence-corrected chi connectivity index (χ3v) is 7.07. The van der Waals surface area contributed by atoms with Crippen LogP contribution < -0.4 is 4.72 Å². The van der Waals surface area contributed by atoms with Gasteiger partial charge in [-0.1, -0.05) is 18.2 Å². The van der Waals surface area contributed by atoms with Crippen LogP contribution in [0.4, 0.5) is 13.2 Å². The molecule has 0 saturated heterocycles. The molecule has 1 aliphatic heterocycles. The lowest BCUT2D eigenvalue weighted by atomic mass is 9.95. The molecule has 1 aliphatic rings. The number of nitrogens with zero attached hydrogens (tertiary/aromatic N) is 2. The third kappa shape index (κ3) is 5.37. The number of carbonyl (C=O) groups is 2. The molecule has 2 aromatic carbocycles. The Morgan fingerprint density at radius 2 is 1.94 bits per heavy atom. The van der Waals surface area contributed by atoms with Crippen LogP contribution in [0, 0.1) is 18.3 Å². The molecule has 1 unspecified atom stereocenters. The molecule has 34 heavy (non-hydrogen) atoms. The van der Waals surface area contributed by atoms with Crippen LogP contribution in [0.15, 0.2) is 41.3 Å². The second-order valence-corrected chi connectivity index (χ2v) is 9.52. The van der Waals surface area contributed by atoms with Gasteiger partial charge >= 0.3 is 18.1 Å². The number of carboxylic acids is 1. The van der Waals surface area contributed by atoms with Crippen LogP contribution in [0.1, 0.15) is 27.8 Å². The summed E-state index contributed by atoms with van der Waals surface area (Å²) in [5.74, 6) is -3.54.